The molecule has 1 amide bonds. The van der Waals surface area contributed by atoms with E-state index in [1.54, 1.807) is 6.92 Å². The van der Waals surface area contributed by atoms with Crippen LogP contribution in [0.25, 0.3) is 0 Å². The van der Waals surface area contributed by atoms with Crippen LogP contribution < -0.4 is 4.74 Å². The van der Waals surface area contributed by atoms with Gasteiger partial charge in [0, 0.05) is 45.1 Å². The Labute approximate surface area is 163 Å². The summed E-state index contributed by atoms with van der Waals surface area (Å²) in [6.45, 7) is 6.82. The van der Waals surface area contributed by atoms with E-state index in [9.17, 15) is 4.79 Å². The highest BCUT2D eigenvalue weighted by atomic mass is 16.5. The first-order valence-electron chi connectivity index (χ1n) is 10.9. The molecule has 4 heteroatoms. The summed E-state index contributed by atoms with van der Waals surface area (Å²) in [5, 5.41) is 0. The molecule has 1 aliphatic carbocycles. The number of nitrogens with zero attached hydrogens (tertiary/aromatic N) is 2. The fourth-order valence-corrected chi connectivity index (χ4v) is 5.57. The lowest BCUT2D eigenvalue weighted by Crippen LogP contribution is -2.41. The zero-order valence-corrected chi connectivity index (χ0v) is 16.7. The maximum absolute atomic E-state index is 11.7. The number of amides is 1. The Morgan fingerprint density at radius 2 is 1.74 bits per heavy atom. The Bertz CT molecular complexity index is 606. The van der Waals surface area contributed by atoms with Crippen LogP contribution in [0, 0.1) is 17.8 Å². The van der Waals surface area contributed by atoms with E-state index < -0.39 is 0 Å². The van der Waals surface area contributed by atoms with Crippen LogP contribution >= 0.6 is 0 Å². The van der Waals surface area contributed by atoms with E-state index >= 15 is 0 Å². The highest BCUT2D eigenvalue weighted by Crippen LogP contribution is 2.39. The van der Waals surface area contributed by atoms with Crippen LogP contribution in [0.1, 0.15) is 45.4 Å². The number of para-hydroxylation sites is 1. The first-order valence-corrected chi connectivity index (χ1v) is 10.9. The van der Waals surface area contributed by atoms with E-state index in [0.29, 0.717) is 11.8 Å². The standard InChI is InChI=1S/C23H34N2O2/c1-18(26)24-13-11-19(12-14-24)23-16-25(21-7-5-6-8-21)15-20(23)17-27-22-9-3-2-4-10-22/h2-4,9-10,19-21,23H,5-8,11-17H2,1H3/t20-,23-/m0/s1. The highest BCUT2D eigenvalue weighted by molar-refractivity contribution is 5.73. The number of rotatable bonds is 5. The summed E-state index contributed by atoms with van der Waals surface area (Å²) in [7, 11) is 0. The number of hydrogen-bond acceptors (Lipinski definition) is 3. The lowest BCUT2D eigenvalue weighted by molar-refractivity contribution is -0.130. The van der Waals surface area contributed by atoms with Gasteiger partial charge in [-0.3, -0.25) is 9.69 Å². The van der Waals surface area contributed by atoms with Crippen LogP contribution in [-0.4, -0.2) is 54.5 Å². The molecule has 4 nitrogen and oxygen atoms in total. The van der Waals surface area contributed by atoms with E-state index in [4.69, 9.17) is 4.74 Å². The zero-order valence-electron chi connectivity index (χ0n) is 16.7. The zero-order chi connectivity index (χ0) is 18.6. The maximum atomic E-state index is 11.7. The van der Waals surface area contributed by atoms with E-state index in [2.05, 4.69) is 17.0 Å². The molecule has 0 unspecified atom stereocenters. The predicted octanol–water partition coefficient (Wildman–Crippen LogP) is 3.81. The van der Waals surface area contributed by atoms with Crippen LogP contribution in [0.2, 0.25) is 0 Å². The van der Waals surface area contributed by atoms with Crippen molar-refractivity contribution >= 4 is 5.91 Å². The number of carbonyl (C=O) groups is 1. The van der Waals surface area contributed by atoms with Crippen molar-refractivity contribution < 1.29 is 9.53 Å². The molecule has 148 valence electrons. The number of likely N-dealkylation sites (tertiary alicyclic amines) is 2. The third kappa shape index (κ3) is 4.48. The Morgan fingerprint density at radius 1 is 1.04 bits per heavy atom. The maximum Gasteiger partial charge on any atom is 0.219 e. The second-order valence-corrected chi connectivity index (χ2v) is 8.78. The second-order valence-electron chi connectivity index (χ2n) is 8.78. The van der Waals surface area contributed by atoms with Gasteiger partial charge in [0.2, 0.25) is 5.91 Å². The van der Waals surface area contributed by atoms with Gasteiger partial charge in [-0.05, 0) is 49.7 Å². The van der Waals surface area contributed by atoms with Crippen molar-refractivity contribution in [1.29, 1.82) is 0 Å². The Kier molecular flexibility index (Phi) is 6.01. The van der Waals surface area contributed by atoms with Gasteiger partial charge in [-0.15, -0.1) is 0 Å². The topological polar surface area (TPSA) is 32.8 Å². The normalized spacial score (nSPS) is 28.0. The summed E-state index contributed by atoms with van der Waals surface area (Å²) in [5.41, 5.74) is 0. The SMILES string of the molecule is CC(=O)N1CCC([C@@H]2CN(C3CCCC3)C[C@H]2COc2ccccc2)CC1. The Hall–Kier alpha value is -1.55. The third-order valence-corrected chi connectivity index (χ3v) is 7.16. The molecule has 3 aliphatic rings. The molecule has 1 saturated carbocycles. The van der Waals surface area contributed by atoms with Gasteiger partial charge in [-0.1, -0.05) is 31.0 Å². The summed E-state index contributed by atoms with van der Waals surface area (Å²) in [5.74, 6) is 3.28. The van der Waals surface area contributed by atoms with Crippen molar-refractivity contribution in [3.8, 4) is 5.75 Å². The van der Waals surface area contributed by atoms with Crippen LogP contribution in [0.4, 0.5) is 0 Å². The number of benzene rings is 1. The van der Waals surface area contributed by atoms with Gasteiger partial charge in [0.15, 0.2) is 0 Å². The number of piperidine rings is 1. The van der Waals surface area contributed by atoms with E-state index in [0.717, 1.165) is 50.2 Å². The molecular weight excluding hydrogens is 336 g/mol. The van der Waals surface area contributed by atoms with Gasteiger partial charge in [0.25, 0.3) is 0 Å². The van der Waals surface area contributed by atoms with Crippen LogP contribution in [0.3, 0.4) is 0 Å². The summed E-state index contributed by atoms with van der Waals surface area (Å²) in [6, 6.07) is 11.0. The smallest absolute Gasteiger partial charge is 0.219 e. The van der Waals surface area contributed by atoms with Gasteiger partial charge < -0.3 is 9.64 Å². The minimum atomic E-state index is 0.233. The summed E-state index contributed by atoms with van der Waals surface area (Å²) in [4.78, 5) is 16.5. The van der Waals surface area contributed by atoms with E-state index in [1.165, 1.54) is 38.8 Å². The fraction of sp³-hybridized carbons (Fsp3) is 0.696. The van der Waals surface area contributed by atoms with Crippen molar-refractivity contribution in [3.63, 3.8) is 0 Å². The van der Waals surface area contributed by atoms with Crippen molar-refractivity contribution in [2.24, 2.45) is 17.8 Å². The van der Waals surface area contributed by atoms with Crippen molar-refractivity contribution in [2.45, 2.75) is 51.5 Å². The Balaban J connectivity index is 1.40. The molecule has 3 fully saturated rings. The number of hydrogen-bond donors (Lipinski definition) is 0. The molecule has 2 saturated heterocycles. The number of carbonyl (C=O) groups excluding carboxylic acids is 1. The monoisotopic (exact) mass is 370 g/mol. The minimum absolute atomic E-state index is 0.233. The minimum Gasteiger partial charge on any atom is -0.493 e. The van der Waals surface area contributed by atoms with Crippen molar-refractivity contribution in [2.75, 3.05) is 32.8 Å². The fourth-order valence-electron chi connectivity index (χ4n) is 5.57. The lowest BCUT2D eigenvalue weighted by atomic mass is 9.78. The van der Waals surface area contributed by atoms with Crippen LogP contribution in [0.15, 0.2) is 30.3 Å². The molecule has 1 aromatic carbocycles. The molecule has 0 radical (unpaired) electrons. The molecule has 4 rings (SSSR count). The molecule has 2 atom stereocenters. The lowest BCUT2D eigenvalue weighted by Gasteiger charge is -2.36. The first-order chi connectivity index (χ1) is 13.2. The van der Waals surface area contributed by atoms with Gasteiger partial charge in [0.1, 0.15) is 5.75 Å². The second kappa shape index (κ2) is 8.64. The van der Waals surface area contributed by atoms with Crippen molar-refractivity contribution in [3.05, 3.63) is 30.3 Å². The molecule has 1 aromatic rings. The third-order valence-electron chi connectivity index (χ3n) is 7.16. The average Bonchev–Trinajstić information content (AvgIpc) is 3.37. The highest BCUT2D eigenvalue weighted by Gasteiger charge is 2.41. The van der Waals surface area contributed by atoms with Gasteiger partial charge in [0.05, 0.1) is 6.61 Å². The molecule has 0 spiro atoms. The molecule has 2 heterocycles. The molecular formula is C23H34N2O2. The van der Waals surface area contributed by atoms with E-state index in [-0.39, 0.29) is 5.91 Å². The van der Waals surface area contributed by atoms with Crippen LogP contribution in [0.5, 0.6) is 5.75 Å². The molecule has 2 aliphatic heterocycles. The Morgan fingerprint density at radius 3 is 2.41 bits per heavy atom. The molecule has 0 aromatic heterocycles. The van der Waals surface area contributed by atoms with Crippen molar-refractivity contribution in [1.82, 2.24) is 9.80 Å². The average molecular weight is 371 g/mol. The molecule has 0 N–H and O–H groups in total. The van der Waals surface area contributed by atoms with Gasteiger partial charge >= 0.3 is 0 Å². The molecule has 27 heavy (non-hydrogen) atoms. The van der Waals surface area contributed by atoms with Gasteiger partial charge in [-0.2, -0.15) is 0 Å². The van der Waals surface area contributed by atoms with Gasteiger partial charge in [-0.25, -0.2) is 0 Å². The quantitative estimate of drug-likeness (QED) is 0.790. The summed E-state index contributed by atoms with van der Waals surface area (Å²) >= 11 is 0. The molecule has 0 bridgehead atoms. The largest absolute Gasteiger partial charge is 0.493 e. The van der Waals surface area contributed by atoms with E-state index in [1.807, 2.05) is 23.1 Å². The number of ether oxygens (including phenoxy) is 1. The first kappa shape index (κ1) is 18.8. The summed E-state index contributed by atoms with van der Waals surface area (Å²) < 4.78 is 6.19. The predicted molar refractivity (Wildman–Crippen MR) is 108 cm³/mol. The summed E-state index contributed by atoms with van der Waals surface area (Å²) in [6.07, 6.45) is 7.86. The van der Waals surface area contributed by atoms with Crippen LogP contribution in [-0.2, 0) is 4.79 Å².